The van der Waals surface area contributed by atoms with E-state index in [1.165, 1.54) is 13.2 Å². The maximum Gasteiger partial charge on any atom is 0.337 e. The van der Waals surface area contributed by atoms with E-state index in [2.05, 4.69) is 9.89 Å². The first kappa shape index (κ1) is 14.2. The fraction of sp³-hybridized carbons (Fsp3) is 0.333. The van der Waals surface area contributed by atoms with Gasteiger partial charge in [0.1, 0.15) is 11.6 Å². The molecule has 0 spiro atoms. The summed E-state index contributed by atoms with van der Waals surface area (Å²) in [5.74, 6) is -0.355. The minimum Gasteiger partial charge on any atom is -0.465 e. The van der Waals surface area contributed by atoms with Gasteiger partial charge in [0.05, 0.1) is 18.4 Å². The molecule has 0 unspecified atom stereocenters. The quantitative estimate of drug-likeness (QED) is 0.803. The summed E-state index contributed by atoms with van der Waals surface area (Å²) in [4.78, 5) is 11.6. The standard InChI is InChI=1S/C15H16FNO3/c1-8(2)14-13(9(3)20-17-14)10-5-11(15(18)19-4)7-12(16)6-10/h5-8H,1-4H3. The predicted molar refractivity (Wildman–Crippen MR) is 72.1 cm³/mol. The smallest absolute Gasteiger partial charge is 0.337 e. The molecule has 0 atom stereocenters. The largest absolute Gasteiger partial charge is 0.465 e. The van der Waals surface area contributed by atoms with E-state index in [0.29, 0.717) is 11.3 Å². The fourth-order valence-electron chi connectivity index (χ4n) is 2.10. The van der Waals surface area contributed by atoms with Crippen molar-refractivity contribution < 1.29 is 18.4 Å². The number of methoxy groups -OCH3 is 1. The maximum absolute atomic E-state index is 13.7. The predicted octanol–water partition coefficient (Wildman–Crippen LogP) is 3.70. The van der Waals surface area contributed by atoms with Crippen molar-refractivity contribution >= 4 is 5.97 Å². The van der Waals surface area contributed by atoms with E-state index >= 15 is 0 Å². The molecular formula is C15H16FNO3. The van der Waals surface area contributed by atoms with Crippen LogP contribution in [0.5, 0.6) is 0 Å². The van der Waals surface area contributed by atoms with Gasteiger partial charge in [-0.1, -0.05) is 19.0 Å². The molecule has 0 saturated carbocycles. The van der Waals surface area contributed by atoms with Crippen LogP contribution in [0.15, 0.2) is 22.7 Å². The van der Waals surface area contributed by atoms with Crippen LogP contribution in [0.4, 0.5) is 4.39 Å². The van der Waals surface area contributed by atoms with Crippen molar-refractivity contribution in [3.8, 4) is 11.1 Å². The van der Waals surface area contributed by atoms with Crippen LogP contribution < -0.4 is 0 Å². The average molecular weight is 277 g/mol. The number of esters is 1. The minimum absolute atomic E-state index is 0.132. The number of aryl methyl sites for hydroxylation is 1. The van der Waals surface area contributed by atoms with Crippen LogP contribution in [-0.2, 0) is 4.74 Å². The van der Waals surface area contributed by atoms with Gasteiger partial charge in [-0.25, -0.2) is 9.18 Å². The summed E-state index contributed by atoms with van der Waals surface area (Å²) in [5, 5.41) is 4.00. The average Bonchev–Trinajstić information content (AvgIpc) is 2.79. The Hall–Kier alpha value is -2.17. The number of hydrogen-bond acceptors (Lipinski definition) is 4. The van der Waals surface area contributed by atoms with Gasteiger partial charge in [0.2, 0.25) is 0 Å². The highest BCUT2D eigenvalue weighted by molar-refractivity contribution is 5.91. The lowest BCUT2D eigenvalue weighted by molar-refractivity contribution is 0.0600. The highest BCUT2D eigenvalue weighted by atomic mass is 19.1. The molecule has 0 bridgehead atoms. The Kier molecular flexibility index (Phi) is 3.88. The number of hydrogen-bond donors (Lipinski definition) is 0. The summed E-state index contributed by atoms with van der Waals surface area (Å²) >= 11 is 0. The second-order valence-corrected chi connectivity index (χ2v) is 4.87. The number of rotatable bonds is 3. The van der Waals surface area contributed by atoms with Gasteiger partial charge in [-0.15, -0.1) is 0 Å². The van der Waals surface area contributed by atoms with Gasteiger partial charge < -0.3 is 9.26 Å². The lowest BCUT2D eigenvalue weighted by Gasteiger charge is -2.07. The summed E-state index contributed by atoms with van der Waals surface area (Å²) < 4.78 is 23.5. The molecule has 1 aromatic carbocycles. The normalized spacial score (nSPS) is 10.9. The summed E-state index contributed by atoms with van der Waals surface area (Å²) in [6, 6.07) is 4.09. The lowest BCUT2D eigenvalue weighted by atomic mass is 9.96. The number of nitrogens with zero attached hydrogens (tertiary/aromatic N) is 1. The Morgan fingerprint density at radius 1 is 1.35 bits per heavy atom. The first-order valence-corrected chi connectivity index (χ1v) is 6.29. The van der Waals surface area contributed by atoms with E-state index < -0.39 is 11.8 Å². The Bertz CT molecular complexity index is 647. The molecule has 4 nitrogen and oxygen atoms in total. The van der Waals surface area contributed by atoms with Gasteiger partial charge in [0, 0.05) is 5.56 Å². The van der Waals surface area contributed by atoms with E-state index in [9.17, 15) is 9.18 Å². The van der Waals surface area contributed by atoms with Gasteiger partial charge in [0.25, 0.3) is 0 Å². The summed E-state index contributed by atoms with van der Waals surface area (Å²) in [6.07, 6.45) is 0. The number of carbonyl (C=O) groups is 1. The second-order valence-electron chi connectivity index (χ2n) is 4.87. The second kappa shape index (κ2) is 5.45. The highest BCUT2D eigenvalue weighted by Gasteiger charge is 2.19. The molecule has 0 saturated heterocycles. The summed E-state index contributed by atoms with van der Waals surface area (Å²) in [5.41, 5.74) is 2.19. The molecule has 0 fully saturated rings. The molecular weight excluding hydrogens is 261 g/mol. The molecule has 0 aliphatic heterocycles. The van der Waals surface area contributed by atoms with Crippen LogP contribution >= 0.6 is 0 Å². The number of aromatic nitrogens is 1. The third-order valence-corrected chi connectivity index (χ3v) is 3.04. The third kappa shape index (κ3) is 2.57. The molecule has 1 heterocycles. The molecule has 0 aliphatic rings. The lowest BCUT2D eigenvalue weighted by Crippen LogP contribution is -2.02. The van der Waals surface area contributed by atoms with Crippen molar-refractivity contribution in [3.63, 3.8) is 0 Å². The van der Waals surface area contributed by atoms with Crippen LogP contribution in [-0.4, -0.2) is 18.2 Å². The number of ether oxygens (including phenoxy) is 1. The number of carbonyl (C=O) groups excluding carboxylic acids is 1. The monoisotopic (exact) mass is 277 g/mol. The van der Waals surface area contributed by atoms with E-state index in [0.717, 1.165) is 17.3 Å². The fourth-order valence-corrected chi connectivity index (χ4v) is 2.10. The van der Waals surface area contributed by atoms with Crippen LogP contribution in [0.25, 0.3) is 11.1 Å². The maximum atomic E-state index is 13.7. The summed E-state index contributed by atoms with van der Waals surface area (Å²) in [7, 11) is 1.26. The van der Waals surface area contributed by atoms with Crippen molar-refractivity contribution in [2.75, 3.05) is 7.11 Å². The minimum atomic E-state index is -0.578. The Morgan fingerprint density at radius 3 is 2.65 bits per heavy atom. The van der Waals surface area contributed by atoms with Crippen molar-refractivity contribution in [2.45, 2.75) is 26.7 Å². The van der Waals surface area contributed by atoms with Crippen LogP contribution in [0.2, 0.25) is 0 Å². The zero-order valence-electron chi connectivity index (χ0n) is 11.9. The Labute approximate surface area is 116 Å². The van der Waals surface area contributed by atoms with E-state index in [-0.39, 0.29) is 11.5 Å². The molecule has 0 radical (unpaired) electrons. The molecule has 0 amide bonds. The molecule has 0 aliphatic carbocycles. The van der Waals surface area contributed by atoms with Gasteiger partial charge in [0.15, 0.2) is 0 Å². The molecule has 2 rings (SSSR count). The molecule has 1 aromatic heterocycles. The van der Waals surface area contributed by atoms with E-state index in [1.54, 1.807) is 13.0 Å². The Balaban J connectivity index is 2.61. The molecule has 5 heteroatoms. The van der Waals surface area contributed by atoms with Gasteiger partial charge in [-0.2, -0.15) is 0 Å². The van der Waals surface area contributed by atoms with Crippen LogP contribution in [0, 0.1) is 12.7 Å². The van der Waals surface area contributed by atoms with Crippen molar-refractivity contribution in [3.05, 3.63) is 41.0 Å². The highest BCUT2D eigenvalue weighted by Crippen LogP contribution is 2.32. The molecule has 106 valence electrons. The van der Waals surface area contributed by atoms with Crippen LogP contribution in [0.3, 0.4) is 0 Å². The molecule has 20 heavy (non-hydrogen) atoms. The van der Waals surface area contributed by atoms with Gasteiger partial charge in [-0.3, -0.25) is 0 Å². The zero-order chi connectivity index (χ0) is 14.9. The van der Waals surface area contributed by atoms with Crippen LogP contribution in [0.1, 0.15) is 41.6 Å². The topological polar surface area (TPSA) is 52.3 Å². The van der Waals surface area contributed by atoms with Crippen molar-refractivity contribution in [1.82, 2.24) is 5.16 Å². The number of benzene rings is 1. The first-order chi connectivity index (χ1) is 9.43. The van der Waals surface area contributed by atoms with Gasteiger partial charge in [-0.05, 0) is 36.6 Å². The van der Waals surface area contributed by atoms with Crippen molar-refractivity contribution in [1.29, 1.82) is 0 Å². The van der Waals surface area contributed by atoms with E-state index in [1.807, 2.05) is 13.8 Å². The van der Waals surface area contributed by atoms with Gasteiger partial charge >= 0.3 is 5.97 Å². The SMILES string of the molecule is COC(=O)c1cc(F)cc(-c2c(C(C)C)noc2C)c1. The Morgan fingerprint density at radius 2 is 2.05 bits per heavy atom. The molecule has 2 aromatic rings. The third-order valence-electron chi connectivity index (χ3n) is 3.04. The molecule has 0 N–H and O–H groups in total. The zero-order valence-corrected chi connectivity index (χ0v) is 11.9. The summed E-state index contributed by atoms with van der Waals surface area (Å²) in [6.45, 7) is 5.71. The number of halogens is 1. The van der Waals surface area contributed by atoms with E-state index in [4.69, 9.17) is 4.52 Å². The van der Waals surface area contributed by atoms with Crippen molar-refractivity contribution in [2.24, 2.45) is 0 Å². The first-order valence-electron chi connectivity index (χ1n) is 6.29.